The van der Waals surface area contributed by atoms with Gasteiger partial charge in [0.25, 0.3) is 15.9 Å². The molecule has 0 saturated carbocycles. The fourth-order valence-corrected chi connectivity index (χ4v) is 4.39. The lowest BCUT2D eigenvalue weighted by Crippen LogP contribution is -2.39. The number of rotatable bonds is 6. The third-order valence-electron chi connectivity index (χ3n) is 4.77. The average Bonchev–Trinajstić information content (AvgIpc) is 2.69. The molecule has 0 bridgehead atoms. The third kappa shape index (κ3) is 4.84. The summed E-state index contributed by atoms with van der Waals surface area (Å²) in [6, 6.07) is 12.8. The van der Waals surface area contributed by atoms with Gasteiger partial charge >= 0.3 is 0 Å². The summed E-state index contributed by atoms with van der Waals surface area (Å²) in [6.45, 7) is 6.08. The second-order valence-electron chi connectivity index (χ2n) is 7.09. The van der Waals surface area contributed by atoms with E-state index in [9.17, 15) is 13.2 Å². The highest BCUT2D eigenvalue weighted by molar-refractivity contribution is 7.92. The SMILES string of the molecule is CCOc1ccc(NS(=O)(=O)c2ccc(C(=O)N3CCC[C@@H](C)C3)cc2)cc1. The molecule has 0 unspecified atom stereocenters. The molecule has 1 N–H and O–H groups in total. The summed E-state index contributed by atoms with van der Waals surface area (Å²) in [5, 5.41) is 0. The Kier molecular flexibility index (Phi) is 6.24. The Morgan fingerprint density at radius 2 is 1.82 bits per heavy atom. The largest absolute Gasteiger partial charge is 0.494 e. The fraction of sp³-hybridized carbons (Fsp3) is 0.381. The van der Waals surface area contributed by atoms with Crippen molar-refractivity contribution in [1.82, 2.24) is 4.90 Å². The monoisotopic (exact) mass is 402 g/mol. The number of nitrogens with one attached hydrogen (secondary N) is 1. The maximum absolute atomic E-state index is 12.6. The van der Waals surface area contributed by atoms with Crippen molar-refractivity contribution in [2.24, 2.45) is 5.92 Å². The lowest BCUT2D eigenvalue weighted by Gasteiger charge is -2.31. The maximum Gasteiger partial charge on any atom is 0.261 e. The van der Waals surface area contributed by atoms with Crippen molar-refractivity contribution in [2.75, 3.05) is 24.4 Å². The topological polar surface area (TPSA) is 75.7 Å². The number of benzene rings is 2. The van der Waals surface area contributed by atoms with Crippen LogP contribution in [0.25, 0.3) is 0 Å². The highest BCUT2D eigenvalue weighted by atomic mass is 32.2. The smallest absolute Gasteiger partial charge is 0.261 e. The van der Waals surface area contributed by atoms with Gasteiger partial charge < -0.3 is 9.64 Å². The van der Waals surface area contributed by atoms with E-state index in [-0.39, 0.29) is 10.8 Å². The van der Waals surface area contributed by atoms with Gasteiger partial charge in [0.05, 0.1) is 11.5 Å². The Balaban J connectivity index is 1.70. The number of carbonyl (C=O) groups is 1. The van der Waals surface area contributed by atoms with Crippen molar-refractivity contribution in [3.05, 3.63) is 54.1 Å². The van der Waals surface area contributed by atoms with Gasteiger partial charge in [0, 0.05) is 24.3 Å². The molecule has 7 heteroatoms. The van der Waals surface area contributed by atoms with E-state index in [0.29, 0.717) is 29.5 Å². The summed E-state index contributed by atoms with van der Waals surface area (Å²) in [5.41, 5.74) is 0.958. The summed E-state index contributed by atoms with van der Waals surface area (Å²) < 4.78 is 33.1. The van der Waals surface area contributed by atoms with E-state index in [1.807, 2.05) is 11.8 Å². The van der Waals surface area contributed by atoms with Gasteiger partial charge in [-0.15, -0.1) is 0 Å². The zero-order chi connectivity index (χ0) is 20.1. The summed E-state index contributed by atoms with van der Waals surface area (Å²) in [5.74, 6) is 1.13. The zero-order valence-electron chi connectivity index (χ0n) is 16.2. The van der Waals surface area contributed by atoms with Gasteiger partial charge in [-0.25, -0.2) is 8.42 Å². The predicted molar refractivity (Wildman–Crippen MR) is 109 cm³/mol. The van der Waals surface area contributed by atoms with Crippen LogP contribution >= 0.6 is 0 Å². The molecule has 1 aliphatic rings. The quantitative estimate of drug-likeness (QED) is 0.798. The molecule has 28 heavy (non-hydrogen) atoms. The number of anilines is 1. The Morgan fingerprint density at radius 1 is 1.14 bits per heavy atom. The molecule has 150 valence electrons. The Hall–Kier alpha value is -2.54. The molecule has 3 rings (SSSR count). The maximum atomic E-state index is 12.6. The Bertz CT molecular complexity index is 908. The highest BCUT2D eigenvalue weighted by Gasteiger charge is 2.22. The standard InChI is InChI=1S/C21H26N2O4S/c1-3-27-19-10-8-18(9-11-19)22-28(25,26)20-12-6-17(7-13-20)21(24)23-14-4-5-16(2)15-23/h6-13,16,22H,3-5,14-15H2,1-2H3/t16-/m1/s1. The molecular formula is C21H26N2O4S. The van der Waals surface area contributed by atoms with Gasteiger partial charge in [-0.1, -0.05) is 6.92 Å². The average molecular weight is 403 g/mol. The lowest BCUT2D eigenvalue weighted by atomic mass is 9.99. The van der Waals surface area contributed by atoms with E-state index in [1.54, 1.807) is 36.4 Å². The summed E-state index contributed by atoms with van der Waals surface area (Å²) in [4.78, 5) is 14.6. The molecule has 6 nitrogen and oxygen atoms in total. The number of amides is 1. The molecule has 1 amide bonds. The van der Waals surface area contributed by atoms with E-state index in [1.165, 1.54) is 12.1 Å². The van der Waals surface area contributed by atoms with E-state index in [4.69, 9.17) is 4.74 Å². The first kappa shape index (κ1) is 20.2. The van der Waals surface area contributed by atoms with Gasteiger partial charge in [0.15, 0.2) is 0 Å². The van der Waals surface area contributed by atoms with Gasteiger partial charge in [-0.05, 0) is 74.2 Å². The summed E-state index contributed by atoms with van der Waals surface area (Å²) >= 11 is 0. The van der Waals surface area contributed by atoms with Crippen molar-refractivity contribution in [3.8, 4) is 5.75 Å². The minimum atomic E-state index is -3.73. The normalized spacial score (nSPS) is 17.2. The fourth-order valence-electron chi connectivity index (χ4n) is 3.33. The summed E-state index contributed by atoms with van der Waals surface area (Å²) in [6.07, 6.45) is 2.14. The summed E-state index contributed by atoms with van der Waals surface area (Å²) in [7, 11) is -3.73. The first-order valence-electron chi connectivity index (χ1n) is 9.54. The van der Waals surface area contributed by atoms with Gasteiger partial charge in [0.2, 0.25) is 0 Å². The zero-order valence-corrected chi connectivity index (χ0v) is 17.0. The molecule has 0 aromatic heterocycles. The van der Waals surface area contributed by atoms with E-state index in [0.717, 1.165) is 25.9 Å². The second kappa shape index (κ2) is 8.65. The molecule has 2 aromatic carbocycles. The van der Waals surface area contributed by atoms with Crippen molar-refractivity contribution in [3.63, 3.8) is 0 Å². The number of likely N-dealkylation sites (tertiary alicyclic amines) is 1. The number of hydrogen-bond acceptors (Lipinski definition) is 4. The van der Waals surface area contributed by atoms with E-state index < -0.39 is 10.0 Å². The lowest BCUT2D eigenvalue weighted by molar-refractivity contribution is 0.0683. The van der Waals surface area contributed by atoms with Crippen LogP contribution in [0.5, 0.6) is 5.75 Å². The number of nitrogens with zero attached hydrogens (tertiary/aromatic N) is 1. The highest BCUT2D eigenvalue weighted by Crippen LogP contribution is 2.21. The van der Waals surface area contributed by atoms with Crippen LogP contribution in [0.15, 0.2) is 53.4 Å². The molecule has 0 spiro atoms. The number of hydrogen-bond donors (Lipinski definition) is 1. The molecular weight excluding hydrogens is 376 g/mol. The van der Waals surface area contributed by atoms with Crippen molar-refractivity contribution >= 4 is 21.6 Å². The van der Waals surface area contributed by atoms with Crippen LogP contribution < -0.4 is 9.46 Å². The van der Waals surface area contributed by atoms with Crippen LogP contribution in [-0.4, -0.2) is 38.9 Å². The van der Waals surface area contributed by atoms with Gasteiger partial charge in [-0.2, -0.15) is 0 Å². The molecule has 1 fully saturated rings. The Labute approximate surface area is 166 Å². The minimum Gasteiger partial charge on any atom is -0.494 e. The van der Waals surface area contributed by atoms with Crippen LogP contribution in [0.3, 0.4) is 0 Å². The molecule has 0 radical (unpaired) electrons. The van der Waals surface area contributed by atoms with Crippen LogP contribution in [0.2, 0.25) is 0 Å². The van der Waals surface area contributed by atoms with Crippen LogP contribution in [-0.2, 0) is 10.0 Å². The van der Waals surface area contributed by atoms with Gasteiger partial charge in [0.1, 0.15) is 5.75 Å². The van der Waals surface area contributed by atoms with Gasteiger partial charge in [-0.3, -0.25) is 9.52 Å². The van der Waals surface area contributed by atoms with E-state index in [2.05, 4.69) is 11.6 Å². The molecule has 1 aliphatic heterocycles. The predicted octanol–water partition coefficient (Wildman–Crippen LogP) is 3.76. The molecule has 2 aromatic rings. The number of piperidine rings is 1. The molecule has 1 heterocycles. The number of carbonyl (C=O) groups excluding carboxylic acids is 1. The number of ether oxygens (including phenoxy) is 1. The Morgan fingerprint density at radius 3 is 2.43 bits per heavy atom. The van der Waals surface area contributed by atoms with Crippen LogP contribution in [0, 0.1) is 5.92 Å². The van der Waals surface area contributed by atoms with Crippen molar-refractivity contribution in [2.45, 2.75) is 31.6 Å². The minimum absolute atomic E-state index is 0.0463. The van der Waals surface area contributed by atoms with Crippen molar-refractivity contribution in [1.29, 1.82) is 0 Å². The first-order chi connectivity index (χ1) is 13.4. The first-order valence-corrected chi connectivity index (χ1v) is 11.0. The number of sulfonamides is 1. The van der Waals surface area contributed by atoms with Crippen molar-refractivity contribution < 1.29 is 17.9 Å². The van der Waals surface area contributed by atoms with Crippen LogP contribution in [0.4, 0.5) is 5.69 Å². The van der Waals surface area contributed by atoms with Crippen LogP contribution in [0.1, 0.15) is 37.0 Å². The molecule has 0 aliphatic carbocycles. The third-order valence-corrected chi connectivity index (χ3v) is 6.17. The van der Waals surface area contributed by atoms with E-state index >= 15 is 0 Å². The molecule has 1 saturated heterocycles. The second-order valence-corrected chi connectivity index (χ2v) is 8.77. The molecule has 1 atom stereocenters.